The van der Waals surface area contributed by atoms with Crippen LogP contribution in [0, 0.1) is 0 Å². The van der Waals surface area contributed by atoms with Crippen LogP contribution >= 0.6 is 0 Å². The van der Waals surface area contributed by atoms with Gasteiger partial charge in [0.05, 0.1) is 0 Å². The van der Waals surface area contributed by atoms with E-state index in [1.807, 2.05) is 0 Å². The van der Waals surface area contributed by atoms with E-state index in [0.29, 0.717) is 0 Å². The van der Waals surface area contributed by atoms with Gasteiger partial charge in [-0.05, 0) is 20.8 Å². The standard InChI is InChI=1S/C5H11NO2/c1-5(2,3)6-4(7)8/h6H,1-3H3,(H,7,8)/i4+0. The Bertz CT molecular complexity index is 93.1. The van der Waals surface area contributed by atoms with Crippen LogP contribution in [0.25, 0.3) is 0 Å². The van der Waals surface area contributed by atoms with Crippen molar-refractivity contribution in [1.29, 1.82) is 0 Å². The van der Waals surface area contributed by atoms with Crippen molar-refractivity contribution in [3.63, 3.8) is 0 Å². The summed E-state index contributed by atoms with van der Waals surface area (Å²) < 4.78 is 0. The quantitative estimate of drug-likeness (QED) is 0.498. The molecule has 3 nitrogen and oxygen atoms in total. The normalized spacial score (nSPS) is 10.9. The SMILES string of the molecule is CC(C)(C)N[12C](=O)O. The van der Waals surface area contributed by atoms with Crippen molar-refractivity contribution in [2.24, 2.45) is 0 Å². The highest BCUT2D eigenvalue weighted by Gasteiger charge is 2.10. The monoisotopic (exact) mass is 117 g/mol. The molecule has 8 heavy (non-hydrogen) atoms. The van der Waals surface area contributed by atoms with Gasteiger partial charge >= 0.3 is 6.09 Å². The lowest BCUT2D eigenvalue weighted by Gasteiger charge is -2.16. The molecule has 0 radical (unpaired) electrons. The average molecular weight is 117 g/mol. The molecule has 0 bridgehead atoms. The first-order chi connectivity index (χ1) is 3.42. The van der Waals surface area contributed by atoms with Crippen LogP contribution < -0.4 is 5.32 Å². The van der Waals surface area contributed by atoms with Gasteiger partial charge in [0.15, 0.2) is 0 Å². The van der Waals surface area contributed by atoms with Crippen molar-refractivity contribution >= 4 is 6.09 Å². The van der Waals surface area contributed by atoms with Crippen molar-refractivity contribution in [3.8, 4) is 0 Å². The molecule has 0 aromatic carbocycles. The third kappa shape index (κ3) is 5.27. The Labute approximate surface area is 48.7 Å². The second-order valence-corrected chi connectivity index (χ2v) is 2.68. The van der Waals surface area contributed by atoms with E-state index >= 15 is 0 Å². The minimum Gasteiger partial charge on any atom is -0.465 e. The summed E-state index contributed by atoms with van der Waals surface area (Å²) in [5, 5.41) is 10.4. The van der Waals surface area contributed by atoms with Crippen LogP contribution in [0.3, 0.4) is 0 Å². The zero-order valence-electron chi connectivity index (χ0n) is 5.36. The van der Waals surface area contributed by atoms with Gasteiger partial charge in [0.25, 0.3) is 0 Å². The van der Waals surface area contributed by atoms with Gasteiger partial charge in [0.2, 0.25) is 0 Å². The predicted octanol–water partition coefficient (Wildman–Crippen LogP) is 1.05. The van der Waals surface area contributed by atoms with E-state index in [1.54, 1.807) is 20.8 Å². The number of carboxylic acid groups (broad SMARTS) is 1. The Morgan fingerprint density at radius 1 is 1.50 bits per heavy atom. The number of hydrogen-bond donors (Lipinski definition) is 2. The zero-order chi connectivity index (χ0) is 6.78. The molecule has 0 atom stereocenters. The molecular formula is C5H11NO2. The van der Waals surface area contributed by atoms with Crippen molar-refractivity contribution in [2.75, 3.05) is 0 Å². The van der Waals surface area contributed by atoms with E-state index < -0.39 is 6.09 Å². The van der Waals surface area contributed by atoms with Gasteiger partial charge in [-0.1, -0.05) is 0 Å². The maximum atomic E-state index is 9.90. The highest BCUT2D eigenvalue weighted by atomic mass is 16.4. The molecule has 3 heteroatoms. The first kappa shape index (κ1) is 7.27. The first-order valence-electron chi connectivity index (χ1n) is 2.43. The zero-order valence-corrected chi connectivity index (χ0v) is 5.36. The molecule has 0 saturated carbocycles. The van der Waals surface area contributed by atoms with Crippen LogP contribution in [0.2, 0.25) is 0 Å². The highest BCUT2D eigenvalue weighted by molar-refractivity contribution is 5.65. The molecule has 0 aromatic heterocycles. The molecule has 0 saturated heterocycles. The fraction of sp³-hybridized carbons (Fsp3) is 0.800. The molecule has 2 N–H and O–H groups in total. The van der Waals surface area contributed by atoms with Gasteiger partial charge in [0, 0.05) is 5.54 Å². The van der Waals surface area contributed by atoms with E-state index in [4.69, 9.17) is 5.11 Å². The van der Waals surface area contributed by atoms with Crippen molar-refractivity contribution in [3.05, 3.63) is 0 Å². The van der Waals surface area contributed by atoms with Crippen molar-refractivity contribution < 1.29 is 9.90 Å². The third-order valence-corrected chi connectivity index (χ3v) is 0.482. The molecular weight excluding hydrogens is 106 g/mol. The first-order valence-corrected chi connectivity index (χ1v) is 2.43. The van der Waals surface area contributed by atoms with Crippen molar-refractivity contribution in [2.45, 2.75) is 26.3 Å². The number of nitrogens with one attached hydrogen (secondary N) is 1. The summed E-state index contributed by atoms with van der Waals surface area (Å²) >= 11 is 0. The molecule has 0 unspecified atom stereocenters. The minimum atomic E-state index is -0.975. The molecule has 1 amide bonds. The van der Waals surface area contributed by atoms with Crippen LogP contribution in [0.1, 0.15) is 20.8 Å². The Balaban J connectivity index is 3.55. The van der Waals surface area contributed by atoms with Gasteiger partial charge < -0.3 is 10.4 Å². The fourth-order valence-corrected chi connectivity index (χ4v) is 0.321. The lowest BCUT2D eigenvalue weighted by molar-refractivity contribution is 0.184. The molecule has 48 valence electrons. The maximum absolute atomic E-state index is 9.90. The van der Waals surface area contributed by atoms with E-state index in [9.17, 15) is 4.79 Å². The number of hydrogen-bond acceptors (Lipinski definition) is 1. The summed E-state index contributed by atoms with van der Waals surface area (Å²) in [6, 6.07) is 0. The Hall–Kier alpha value is -0.730. The molecule has 0 heterocycles. The Kier molecular flexibility index (Phi) is 1.84. The van der Waals surface area contributed by atoms with E-state index in [2.05, 4.69) is 5.32 Å². The largest absolute Gasteiger partial charge is 0.465 e. The van der Waals surface area contributed by atoms with E-state index in [1.165, 1.54) is 0 Å². The van der Waals surface area contributed by atoms with Gasteiger partial charge in [-0.3, -0.25) is 0 Å². The molecule has 0 aliphatic carbocycles. The summed E-state index contributed by atoms with van der Waals surface area (Å²) in [6.07, 6.45) is -0.975. The average Bonchev–Trinajstić information content (AvgIpc) is 1.21. The van der Waals surface area contributed by atoms with E-state index in [0.717, 1.165) is 0 Å². The van der Waals surface area contributed by atoms with Crippen LogP contribution in [0.4, 0.5) is 4.79 Å². The topological polar surface area (TPSA) is 49.3 Å². The van der Waals surface area contributed by atoms with Gasteiger partial charge in [-0.2, -0.15) is 0 Å². The highest BCUT2D eigenvalue weighted by Crippen LogP contribution is 1.96. The van der Waals surface area contributed by atoms with Crippen LogP contribution in [0.15, 0.2) is 0 Å². The predicted molar refractivity (Wildman–Crippen MR) is 30.9 cm³/mol. The molecule has 0 aromatic rings. The number of rotatable bonds is 0. The Morgan fingerprint density at radius 2 is 1.88 bits per heavy atom. The van der Waals surface area contributed by atoms with Gasteiger partial charge in [-0.25, -0.2) is 4.79 Å². The van der Waals surface area contributed by atoms with Gasteiger partial charge in [0.1, 0.15) is 0 Å². The summed E-state index contributed by atoms with van der Waals surface area (Å²) in [7, 11) is 0. The molecule has 0 rings (SSSR count). The van der Waals surface area contributed by atoms with Crippen LogP contribution in [-0.4, -0.2) is 16.7 Å². The molecule has 0 aliphatic rings. The van der Waals surface area contributed by atoms with Crippen LogP contribution in [-0.2, 0) is 0 Å². The third-order valence-electron chi connectivity index (χ3n) is 0.482. The molecule has 0 spiro atoms. The lowest BCUT2D eigenvalue weighted by Crippen LogP contribution is -2.39. The second kappa shape index (κ2) is 2.03. The lowest BCUT2D eigenvalue weighted by atomic mass is 10.1. The smallest absolute Gasteiger partial charge is 0.405 e. The van der Waals surface area contributed by atoms with Crippen LogP contribution in [0.5, 0.6) is 0 Å². The Morgan fingerprint density at radius 3 is 1.88 bits per heavy atom. The second-order valence-electron chi connectivity index (χ2n) is 2.68. The number of carbonyl (C=O) groups is 1. The summed E-state index contributed by atoms with van der Waals surface area (Å²) in [5.74, 6) is 0. The summed E-state index contributed by atoms with van der Waals surface area (Å²) in [5.41, 5.74) is -0.328. The van der Waals surface area contributed by atoms with Gasteiger partial charge in [-0.15, -0.1) is 0 Å². The number of amides is 1. The summed E-state index contributed by atoms with van der Waals surface area (Å²) in [4.78, 5) is 9.90. The maximum Gasteiger partial charge on any atom is 0.405 e. The fourth-order valence-electron chi connectivity index (χ4n) is 0.321. The molecule has 0 fully saturated rings. The van der Waals surface area contributed by atoms with E-state index in [-0.39, 0.29) is 5.54 Å². The summed E-state index contributed by atoms with van der Waals surface area (Å²) in [6.45, 7) is 5.38. The molecule has 0 aliphatic heterocycles. The minimum absolute atomic E-state index is 0.328. The van der Waals surface area contributed by atoms with Crippen molar-refractivity contribution in [1.82, 2.24) is 5.32 Å².